The molecule has 3 aromatic carbocycles. The number of carbonyl (C=O) groups is 2. The van der Waals surface area contributed by atoms with Crippen molar-refractivity contribution in [2.45, 2.75) is 13.8 Å². The van der Waals surface area contributed by atoms with E-state index in [1.807, 2.05) is 62.4 Å². The van der Waals surface area contributed by atoms with E-state index in [0.29, 0.717) is 33.4 Å². The molecular formula is C26H18O4S2. The molecule has 158 valence electrons. The molecule has 2 heterocycles. The Bertz CT molecular complexity index is 1300. The van der Waals surface area contributed by atoms with Crippen molar-refractivity contribution in [3.63, 3.8) is 0 Å². The Morgan fingerprint density at radius 2 is 1.00 bits per heavy atom. The quantitative estimate of drug-likeness (QED) is 0.212. The van der Waals surface area contributed by atoms with Crippen LogP contribution >= 0.6 is 22.7 Å². The zero-order chi connectivity index (χ0) is 22.2. The predicted molar refractivity (Wildman–Crippen MR) is 129 cm³/mol. The molecule has 6 heteroatoms. The Morgan fingerprint density at radius 3 is 1.38 bits per heavy atom. The maximum Gasteiger partial charge on any atom is 0.345 e. The predicted octanol–water partition coefficient (Wildman–Crippen LogP) is 7.17. The Morgan fingerprint density at radius 1 is 0.625 bits per heavy atom. The van der Waals surface area contributed by atoms with Crippen molar-refractivity contribution < 1.29 is 19.1 Å². The monoisotopic (exact) mass is 458 g/mol. The molecule has 2 aromatic heterocycles. The Kier molecular flexibility index (Phi) is 5.25. The summed E-state index contributed by atoms with van der Waals surface area (Å²) in [7, 11) is 0. The topological polar surface area (TPSA) is 52.6 Å². The van der Waals surface area contributed by atoms with E-state index in [1.165, 1.54) is 22.7 Å². The molecule has 0 N–H and O–H groups in total. The van der Waals surface area contributed by atoms with E-state index in [0.717, 1.165) is 19.2 Å². The number of thiophene rings is 2. The van der Waals surface area contributed by atoms with Gasteiger partial charge in [-0.1, -0.05) is 36.4 Å². The number of aryl methyl sites for hydroxylation is 2. The van der Waals surface area contributed by atoms with Crippen LogP contribution < -0.4 is 9.47 Å². The van der Waals surface area contributed by atoms with Crippen LogP contribution in [0.2, 0.25) is 0 Å². The third-order valence-corrected chi connectivity index (χ3v) is 7.16. The van der Waals surface area contributed by atoms with Gasteiger partial charge in [0.15, 0.2) is 0 Å². The number of rotatable bonds is 4. The second-order valence-corrected chi connectivity index (χ2v) is 9.87. The molecule has 0 spiro atoms. The third-order valence-electron chi connectivity index (χ3n) is 5.02. The molecule has 0 radical (unpaired) electrons. The zero-order valence-electron chi connectivity index (χ0n) is 17.4. The molecule has 0 saturated carbocycles. The fourth-order valence-corrected chi connectivity index (χ4v) is 5.84. The highest BCUT2D eigenvalue weighted by atomic mass is 32.1. The molecule has 0 amide bonds. The summed E-state index contributed by atoms with van der Waals surface area (Å²) in [6, 6.07) is 21.9. The number of benzene rings is 3. The van der Waals surface area contributed by atoms with E-state index in [9.17, 15) is 9.59 Å². The van der Waals surface area contributed by atoms with Crippen LogP contribution in [0.25, 0.3) is 20.2 Å². The van der Waals surface area contributed by atoms with Gasteiger partial charge in [0.1, 0.15) is 11.5 Å². The maximum absolute atomic E-state index is 13.3. The minimum Gasteiger partial charge on any atom is -0.423 e. The summed E-state index contributed by atoms with van der Waals surface area (Å²) in [4.78, 5) is 28.6. The van der Waals surface area contributed by atoms with Gasteiger partial charge in [0.25, 0.3) is 0 Å². The fraction of sp³-hybridized carbons (Fsp3) is 0.0769. The summed E-state index contributed by atoms with van der Waals surface area (Å²) >= 11 is 2.95. The highest BCUT2D eigenvalue weighted by Crippen LogP contribution is 2.42. The lowest BCUT2D eigenvalue weighted by molar-refractivity contribution is 0.0726. The van der Waals surface area contributed by atoms with Crippen molar-refractivity contribution >= 4 is 54.8 Å². The highest BCUT2D eigenvalue weighted by molar-refractivity contribution is 7.21. The SMILES string of the molecule is Cc1cc2c(C(=O)Oc3ccccc3)c3sc(C)cc3c(C(=O)Oc3ccccc3)c2s1. The normalized spacial score (nSPS) is 11.1. The van der Waals surface area contributed by atoms with Gasteiger partial charge in [0.05, 0.1) is 20.5 Å². The average molecular weight is 459 g/mol. The first kappa shape index (κ1) is 20.4. The summed E-state index contributed by atoms with van der Waals surface area (Å²) in [5.41, 5.74) is 0.968. The van der Waals surface area contributed by atoms with Gasteiger partial charge in [-0.3, -0.25) is 0 Å². The van der Waals surface area contributed by atoms with E-state index in [1.54, 1.807) is 24.3 Å². The molecular weight excluding hydrogens is 440 g/mol. The van der Waals surface area contributed by atoms with Crippen molar-refractivity contribution in [2.24, 2.45) is 0 Å². The van der Waals surface area contributed by atoms with Gasteiger partial charge in [0.2, 0.25) is 0 Å². The Balaban J connectivity index is 1.70. The van der Waals surface area contributed by atoms with Gasteiger partial charge in [-0.25, -0.2) is 9.59 Å². The zero-order valence-corrected chi connectivity index (χ0v) is 19.0. The second-order valence-electron chi connectivity index (χ2n) is 7.35. The first-order chi connectivity index (χ1) is 15.5. The number of fused-ring (bicyclic) bond motifs is 2. The van der Waals surface area contributed by atoms with Gasteiger partial charge < -0.3 is 9.47 Å². The van der Waals surface area contributed by atoms with Crippen LogP contribution in [0.1, 0.15) is 30.5 Å². The molecule has 0 aliphatic heterocycles. The number of carbonyl (C=O) groups excluding carboxylic acids is 2. The summed E-state index contributed by atoms with van der Waals surface area (Å²) in [6.07, 6.45) is 0. The van der Waals surface area contributed by atoms with Crippen molar-refractivity contribution in [1.29, 1.82) is 0 Å². The number of para-hydroxylation sites is 2. The largest absolute Gasteiger partial charge is 0.423 e. The average Bonchev–Trinajstić information content (AvgIpc) is 3.34. The maximum atomic E-state index is 13.3. The van der Waals surface area contributed by atoms with Crippen molar-refractivity contribution in [3.8, 4) is 11.5 Å². The van der Waals surface area contributed by atoms with Crippen LogP contribution in [0.15, 0.2) is 72.8 Å². The van der Waals surface area contributed by atoms with Crippen LogP contribution in [-0.2, 0) is 0 Å². The molecule has 5 aromatic rings. The van der Waals surface area contributed by atoms with Gasteiger partial charge in [-0.05, 0) is 50.2 Å². The van der Waals surface area contributed by atoms with Crippen LogP contribution in [0.5, 0.6) is 11.5 Å². The van der Waals surface area contributed by atoms with Crippen LogP contribution in [0.4, 0.5) is 0 Å². The number of ether oxygens (including phenoxy) is 2. The molecule has 0 atom stereocenters. The lowest BCUT2D eigenvalue weighted by Crippen LogP contribution is -2.13. The first-order valence-electron chi connectivity index (χ1n) is 10.0. The van der Waals surface area contributed by atoms with Crippen molar-refractivity contribution in [2.75, 3.05) is 0 Å². The van der Waals surface area contributed by atoms with E-state index in [4.69, 9.17) is 9.47 Å². The van der Waals surface area contributed by atoms with E-state index in [2.05, 4.69) is 0 Å². The smallest absolute Gasteiger partial charge is 0.345 e. The standard InChI is InChI=1S/C26H18O4S2/c1-15-13-19-21(25(27)29-17-9-5-3-6-10-17)24-20(14-16(2)32-24)22(23(19)31-15)26(28)30-18-11-7-4-8-12-18/h3-14H,1-2H3. The van der Waals surface area contributed by atoms with Gasteiger partial charge in [-0.15, -0.1) is 22.7 Å². The second kappa shape index (κ2) is 8.22. The minimum absolute atomic E-state index is 0.436. The molecule has 0 aliphatic carbocycles. The number of hydrogen-bond donors (Lipinski definition) is 0. The summed E-state index contributed by atoms with van der Waals surface area (Å²) in [6.45, 7) is 3.92. The minimum atomic E-state index is -0.436. The molecule has 0 aliphatic rings. The molecule has 32 heavy (non-hydrogen) atoms. The van der Waals surface area contributed by atoms with Crippen molar-refractivity contribution in [1.82, 2.24) is 0 Å². The van der Waals surface area contributed by atoms with Gasteiger partial charge in [0, 0.05) is 20.5 Å². The van der Waals surface area contributed by atoms with Gasteiger partial charge >= 0.3 is 11.9 Å². The Labute approximate surface area is 192 Å². The Hall–Kier alpha value is -3.48. The lowest BCUT2D eigenvalue weighted by atomic mass is 10.0. The first-order valence-corrected chi connectivity index (χ1v) is 11.7. The molecule has 4 nitrogen and oxygen atoms in total. The summed E-state index contributed by atoms with van der Waals surface area (Å²) < 4.78 is 12.8. The molecule has 0 bridgehead atoms. The van der Waals surface area contributed by atoms with Crippen LogP contribution in [-0.4, -0.2) is 11.9 Å². The van der Waals surface area contributed by atoms with E-state index >= 15 is 0 Å². The lowest BCUT2D eigenvalue weighted by Gasteiger charge is -2.11. The summed E-state index contributed by atoms with van der Waals surface area (Å²) in [5.74, 6) is 0.0841. The molecule has 0 saturated heterocycles. The third kappa shape index (κ3) is 3.68. The van der Waals surface area contributed by atoms with Gasteiger partial charge in [-0.2, -0.15) is 0 Å². The fourth-order valence-electron chi connectivity index (χ4n) is 3.71. The molecule has 0 unspecified atom stereocenters. The van der Waals surface area contributed by atoms with Crippen LogP contribution in [0.3, 0.4) is 0 Å². The number of hydrogen-bond acceptors (Lipinski definition) is 6. The van der Waals surface area contributed by atoms with E-state index < -0.39 is 11.9 Å². The van der Waals surface area contributed by atoms with E-state index in [-0.39, 0.29) is 0 Å². The number of esters is 2. The van der Waals surface area contributed by atoms with Crippen LogP contribution in [0, 0.1) is 13.8 Å². The summed E-state index contributed by atoms with van der Waals surface area (Å²) in [5, 5.41) is 1.42. The van der Waals surface area contributed by atoms with Crippen molar-refractivity contribution in [3.05, 3.63) is 93.7 Å². The highest BCUT2D eigenvalue weighted by Gasteiger charge is 2.27. The molecule has 0 fully saturated rings. The molecule has 5 rings (SSSR count).